The molecule has 1 N–H and O–H groups in total. The van der Waals surface area contributed by atoms with Gasteiger partial charge in [-0.15, -0.1) is 0 Å². The molecule has 2 aliphatic rings. The molecule has 4 rings (SSSR count). The predicted octanol–water partition coefficient (Wildman–Crippen LogP) is 2.22. The van der Waals surface area contributed by atoms with Gasteiger partial charge in [-0.05, 0) is 24.3 Å². The summed E-state index contributed by atoms with van der Waals surface area (Å²) in [6.45, 7) is 2.10. The average Bonchev–Trinajstić information content (AvgIpc) is 3.53. The van der Waals surface area contributed by atoms with Gasteiger partial charge in [0.1, 0.15) is 24.6 Å². The Bertz CT molecular complexity index is 833. The number of nitro benzene ring substituents is 1. The van der Waals surface area contributed by atoms with Gasteiger partial charge in [-0.2, -0.15) is 0 Å². The van der Waals surface area contributed by atoms with E-state index in [2.05, 4.69) is 12.1 Å². The maximum Gasteiger partial charge on any atom is 0.270 e. The molecule has 0 bridgehead atoms. The van der Waals surface area contributed by atoms with Crippen LogP contribution in [-0.2, 0) is 24.4 Å². The van der Waals surface area contributed by atoms with Crippen LogP contribution in [0, 0.1) is 10.1 Å². The molecule has 7 heteroatoms. The average molecular weight is 371 g/mol. The summed E-state index contributed by atoms with van der Waals surface area (Å²) in [6.07, 6.45) is 2.37. The number of rotatable bonds is 7. The van der Waals surface area contributed by atoms with E-state index in [4.69, 9.17) is 14.2 Å². The first-order valence-electron chi connectivity index (χ1n) is 9.12. The molecule has 2 aromatic rings. The second-order valence-corrected chi connectivity index (χ2v) is 7.10. The van der Waals surface area contributed by atoms with Crippen molar-refractivity contribution in [1.29, 1.82) is 0 Å². The van der Waals surface area contributed by atoms with Gasteiger partial charge in [0, 0.05) is 36.1 Å². The van der Waals surface area contributed by atoms with Crippen molar-refractivity contribution in [2.24, 2.45) is 0 Å². The number of nitro groups is 1. The zero-order valence-corrected chi connectivity index (χ0v) is 15.3. The van der Waals surface area contributed by atoms with Gasteiger partial charge >= 0.3 is 0 Å². The molecule has 142 valence electrons. The minimum Gasteiger partial charge on any atom is -0.497 e. The van der Waals surface area contributed by atoms with E-state index in [1.165, 1.54) is 23.3 Å². The summed E-state index contributed by atoms with van der Waals surface area (Å²) in [4.78, 5) is 12.4. The topological polar surface area (TPSA) is 75.3 Å². The fourth-order valence-electron chi connectivity index (χ4n) is 3.61. The van der Waals surface area contributed by atoms with Crippen LogP contribution in [0.5, 0.6) is 11.5 Å². The van der Waals surface area contributed by atoms with Crippen molar-refractivity contribution in [3.05, 3.63) is 63.2 Å². The van der Waals surface area contributed by atoms with Crippen LogP contribution >= 0.6 is 0 Å². The van der Waals surface area contributed by atoms with E-state index in [1.807, 2.05) is 12.1 Å². The number of hydrogen-bond donors (Lipinski definition) is 1. The Kier molecular flexibility index (Phi) is 4.96. The van der Waals surface area contributed by atoms with Gasteiger partial charge in [0.15, 0.2) is 6.79 Å². The number of fused-ring (bicyclic) bond motifs is 1. The number of ether oxygens (including phenoxy) is 3. The number of quaternary nitrogens is 1. The Labute approximate surface area is 157 Å². The summed E-state index contributed by atoms with van der Waals surface area (Å²) in [7, 11) is 1.66. The number of hydrogen-bond acceptors (Lipinski definition) is 5. The van der Waals surface area contributed by atoms with Gasteiger partial charge < -0.3 is 19.1 Å². The zero-order valence-electron chi connectivity index (χ0n) is 15.3. The second kappa shape index (κ2) is 7.54. The number of methoxy groups -OCH3 is 1. The lowest BCUT2D eigenvalue weighted by Crippen LogP contribution is -3.10. The van der Waals surface area contributed by atoms with Crippen LogP contribution in [0.2, 0.25) is 0 Å². The lowest BCUT2D eigenvalue weighted by Gasteiger charge is -2.24. The quantitative estimate of drug-likeness (QED) is 0.597. The number of non-ortho nitro benzene ring substituents is 1. The van der Waals surface area contributed by atoms with E-state index in [0.29, 0.717) is 19.2 Å². The van der Waals surface area contributed by atoms with Gasteiger partial charge in [0.2, 0.25) is 0 Å². The summed E-state index contributed by atoms with van der Waals surface area (Å²) < 4.78 is 16.2. The Hall–Kier alpha value is -2.64. The Morgan fingerprint density at radius 1 is 1.22 bits per heavy atom. The maximum absolute atomic E-state index is 11.3. The van der Waals surface area contributed by atoms with Crippen LogP contribution in [-0.4, -0.2) is 24.9 Å². The van der Waals surface area contributed by atoms with Crippen molar-refractivity contribution in [1.82, 2.24) is 0 Å². The molecule has 1 saturated carbocycles. The predicted molar refractivity (Wildman–Crippen MR) is 97.8 cm³/mol. The van der Waals surface area contributed by atoms with Crippen molar-refractivity contribution < 1.29 is 24.0 Å². The fraction of sp³-hybridized carbons (Fsp3) is 0.400. The van der Waals surface area contributed by atoms with Gasteiger partial charge in [-0.3, -0.25) is 10.1 Å². The molecule has 7 nitrogen and oxygen atoms in total. The van der Waals surface area contributed by atoms with E-state index < -0.39 is 0 Å². The van der Waals surface area contributed by atoms with Crippen molar-refractivity contribution in [2.45, 2.75) is 38.6 Å². The third-order valence-electron chi connectivity index (χ3n) is 5.14. The van der Waals surface area contributed by atoms with Gasteiger partial charge in [0.05, 0.1) is 30.2 Å². The number of benzene rings is 2. The van der Waals surface area contributed by atoms with E-state index in [1.54, 1.807) is 19.2 Å². The standard InChI is InChI=1S/C20H22N2O5/c1-25-19-6-2-14(3-7-19)10-21(17-4-5-17)11-15-8-18(22(23)24)9-16-12-26-13-27-20(15)16/h2-3,6-9,17H,4-5,10-13H2,1H3/p+1. The van der Waals surface area contributed by atoms with Gasteiger partial charge in [0.25, 0.3) is 5.69 Å². The highest BCUT2D eigenvalue weighted by molar-refractivity contribution is 5.50. The Balaban J connectivity index is 1.59. The molecule has 1 fully saturated rings. The number of nitrogens with one attached hydrogen (secondary N) is 1. The smallest absolute Gasteiger partial charge is 0.270 e. The van der Waals surface area contributed by atoms with Crippen molar-refractivity contribution in [3.63, 3.8) is 0 Å². The van der Waals surface area contributed by atoms with Crippen LogP contribution in [0.25, 0.3) is 0 Å². The molecule has 27 heavy (non-hydrogen) atoms. The van der Waals surface area contributed by atoms with Crippen LogP contribution in [0.4, 0.5) is 5.69 Å². The summed E-state index contributed by atoms with van der Waals surface area (Å²) >= 11 is 0. The van der Waals surface area contributed by atoms with Crippen molar-refractivity contribution in [3.8, 4) is 11.5 Å². The van der Waals surface area contributed by atoms with E-state index in [9.17, 15) is 10.1 Å². The van der Waals surface area contributed by atoms with E-state index in [-0.39, 0.29) is 17.4 Å². The molecule has 0 saturated heterocycles. The summed E-state index contributed by atoms with van der Waals surface area (Å²) in [5.74, 6) is 1.59. The highest BCUT2D eigenvalue weighted by atomic mass is 16.7. The SMILES string of the molecule is COc1ccc(C[NH+](Cc2cc([N+](=O)[O-])cc3c2OCOC3)C2CC2)cc1. The second-order valence-electron chi connectivity index (χ2n) is 7.10. The monoisotopic (exact) mass is 371 g/mol. The summed E-state index contributed by atoms with van der Waals surface area (Å²) in [5, 5.41) is 11.3. The molecule has 1 heterocycles. The largest absolute Gasteiger partial charge is 0.497 e. The molecule has 0 aromatic heterocycles. The summed E-state index contributed by atoms with van der Waals surface area (Å²) in [6, 6.07) is 11.9. The normalized spacial score (nSPS) is 16.9. The highest BCUT2D eigenvalue weighted by Crippen LogP contribution is 2.32. The van der Waals surface area contributed by atoms with E-state index in [0.717, 1.165) is 29.2 Å². The molecule has 1 atom stereocenters. The lowest BCUT2D eigenvalue weighted by atomic mass is 10.1. The van der Waals surface area contributed by atoms with Crippen molar-refractivity contribution >= 4 is 5.69 Å². The molecule has 1 aliphatic carbocycles. The lowest BCUT2D eigenvalue weighted by molar-refractivity contribution is -0.938. The third kappa shape index (κ3) is 4.04. The molecular formula is C20H23N2O5+. The zero-order chi connectivity index (χ0) is 18.8. The minimum absolute atomic E-state index is 0.0949. The molecule has 1 aliphatic heterocycles. The first-order chi connectivity index (χ1) is 13.1. The first-order valence-corrected chi connectivity index (χ1v) is 9.12. The van der Waals surface area contributed by atoms with Crippen molar-refractivity contribution in [2.75, 3.05) is 13.9 Å². The maximum atomic E-state index is 11.3. The molecule has 2 aromatic carbocycles. The first kappa shape index (κ1) is 17.8. The van der Waals surface area contributed by atoms with E-state index >= 15 is 0 Å². The van der Waals surface area contributed by atoms with Crippen LogP contribution < -0.4 is 14.4 Å². The van der Waals surface area contributed by atoms with Crippen LogP contribution in [0.1, 0.15) is 29.5 Å². The Morgan fingerprint density at radius 3 is 2.67 bits per heavy atom. The molecular weight excluding hydrogens is 348 g/mol. The fourth-order valence-corrected chi connectivity index (χ4v) is 3.61. The third-order valence-corrected chi connectivity index (χ3v) is 5.14. The van der Waals surface area contributed by atoms with Crippen LogP contribution in [0.15, 0.2) is 36.4 Å². The van der Waals surface area contributed by atoms with Gasteiger partial charge in [-0.1, -0.05) is 0 Å². The number of nitrogens with zero attached hydrogens (tertiary/aromatic N) is 1. The summed E-state index contributed by atoms with van der Waals surface area (Å²) in [5.41, 5.74) is 2.96. The Morgan fingerprint density at radius 2 is 2.00 bits per heavy atom. The molecule has 0 radical (unpaired) electrons. The molecule has 0 amide bonds. The molecule has 0 spiro atoms. The highest BCUT2D eigenvalue weighted by Gasteiger charge is 2.35. The molecule has 1 unspecified atom stereocenters. The van der Waals surface area contributed by atoms with Crippen LogP contribution in [0.3, 0.4) is 0 Å². The minimum atomic E-state index is -0.349. The van der Waals surface area contributed by atoms with Gasteiger partial charge in [-0.25, -0.2) is 0 Å².